The Labute approximate surface area is 122 Å². The number of hydrogen-bond acceptors (Lipinski definition) is 4. The number of ether oxygens (including phenoxy) is 1. The van der Waals surface area contributed by atoms with E-state index < -0.39 is 0 Å². The number of pyridine rings is 1. The molecule has 19 heavy (non-hydrogen) atoms. The van der Waals surface area contributed by atoms with Crippen molar-refractivity contribution in [1.82, 2.24) is 4.98 Å². The van der Waals surface area contributed by atoms with E-state index in [4.69, 9.17) is 16.3 Å². The summed E-state index contributed by atoms with van der Waals surface area (Å²) in [6, 6.07) is 1.72. The van der Waals surface area contributed by atoms with Gasteiger partial charge >= 0.3 is 0 Å². The summed E-state index contributed by atoms with van der Waals surface area (Å²) in [7, 11) is 0. The number of hydrogen-bond donors (Lipinski definition) is 0. The summed E-state index contributed by atoms with van der Waals surface area (Å²) in [5.41, 5.74) is 0.535. The van der Waals surface area contributed by atoms with Gasteiger partial charge < -0.3 is 4.74 Å². The molecule has 1 aromatic heterocycles. The lowest BCUT2D eigenvalue weighted by Crippen LogP contribution is -2.42. The van der Waals surface area contributed by atoms with Crippen molar-refractivity contribution >= 4 is 29.1 Å². The van der Waals surface area contributed by atoms with Crippen LogP contribution in [0.3, 0.4) is 0 Å². The summed E-state index contributed by atoms with van der Waals surface area (Å²) >= 11 is 7.99. The average Bonchev–Trinajstić information content (AvgIpc) is 2.86. The smallest absolute Gasteiger partial charge is 0.167 e. The number of thioether (sulfide) groups is 1. The molecule has 0 radical (unpaired) electrons. The van der Waals surface area contributed by atoms with E-state index in [1.54, 1.807) is 12.3 Å². The molecule has 1 spiro atoms. The van der Waals surface area contributed by atoms with Crippen LogP contribution in [0.25, 0.3) is 0 Å². The summed E-state index contributed by atoms with van der Waals surface area (Å²) in [4.78, 5) is 16.5. The van der Waals surface area contributed by atoms with E-state index in [0.29, 0.717) is 17.2 Å². The summed E-state index contributed by atoms with van der Waals surface area (Å²) in [5.74, 6) is 2.33. The molecule has 2 aliphatic rings. The number of carbonyl (C=O) groups is 1. The number of halogens is 1. The van der Waals surface area contributed by atoms with Crippen molar-refractivity contribution in [2.24, 2.45) is 5.92 Å². The van der Waals surface area contributed by atoms with Gasteiger partial charge in [-0.05, 0) is 31.1 Å². The third-order valence-electron chi connectivity index (χ3n) is 3.97. The van der Waals surface area contributed by atoms with Crippen LogP contribution in [0, 0.1) is 5.92 Å². The van der Waals surface area contributed by atoms with Gasteiger partial charge in [-0.15, -0.1) is 0 Å². The van der Waals surface area contributed by atoms with Crippen molar-refractivity contribution in [3.8, 4) is 0 Å². The molecule has 2 saturated heterocycles. The van der Waals surface area contributed by atoms with Crippen molar-refractivity contribution in [3.05, 3.63) is 29.0 Å². The highest BCUT2D eigenvalue weighted by atomic mass is 35.5. The first-order chi connectivity index (χ1) is 9.20. The molecule has 2 unspecified atom stereocenters. The Balaban J connectivity index is 1.78. The molecule has 3 rings (SSSR count). The van der Waals surface area contributed by atoms with Crippen molar-refractivity contribution < 1.29 is 9.53 Å². The van der Waals surface area contributed by atoms with E-state index in [1.807, 2.05) is 11.8 Å². The van der Waals surface area contributed by atoms with Crippen LogP contribution in [0.15, 0.2) is 18.5 Å². The second-order valence-corrected chi connectivity index (χ2v) is 6.76. The van der Waals surface area contributed by atoms with Crippen LogP contribution >= 0.6 is 23.4 Å². The fraction of sp³-hybridized carbons (Fsp3) is 0.571. The molecular formula is C14H16ClNO2S. The largest absolute Gasteiger partial charge is 0.374 e. The molecule has 2 aliphatic heterocycles. The highest BCUT2D eigenvalue weighted by molar-refractivity contribution is 7.99. The van der Waals surface area contributed by atoms with Crippen LogP contribution in [0.2, 0.25) is 5.02 Å². The Kier molecular flexibility index (Phi) is 3.83. The standard InChI is InChI=1S/C14H16ClNO2S/c15-12-8-16-4-1-11(12)13(17)10-2-5-18-14(7-10)3-6-19-9-14/h1,4,8,10H,2-3,5-7,9H2. The highest BCUT2D eigenvalue weighted by Gasteiger charge is 2.42. The van der Waals surface area contributed by atoms with Gasteiger partial charge in [-0.2, -0.15) is 11.8 Å². The molecular weight excluding hydrogens is 282 g/mol. The monoisotopic (exact) mass is 297 g/mol. The van der Waals surface area contributed by atoms with Crippen molar-refractivity contribution in [2.75, 3.05) is 18.1 Å². The van der Waals surface area contributed by atoms with Crippen molar-refractivity contribution in [2.45, 2.75) is 24.9 Å². The Hall–Kier alpha value is -0.580. The highest BCUT2D eigenvalue weighted by Crippen LogP contribution is 2.41. The molecule has 0 bridgehead atoms. The molecule has 3 nitrogen and oxygen atoms in total. The molecule has 0 N–H and O–H groups in total. The van der Waals surface area contributed by atoms with Crippen LogP contribution in [-0.4, -0.2) is 34.5 Å². The van der Waals surface area contributed by atoms with Crippen molar-refractivity contribution in [3.63, 3.8) is 0 Å². The maximum absolute atomic E-state index is 12.6. The Morgan fingerprint density at radius 1 is 1.58 bits per heavy atom. The summed E-state index contributed by atoms with van der Waals surface area (Å²) in [6.07, 6.45) is 5.85. The predicted octanol–water partition coefficient (Wildman–Crippen LogP) is 3.22. The van der Waals surface area contributed by atoms with Gasteiger partial charge in [-0.1, -0.05) is 11.6 Å². The quantitative estimate of drug-likeness (QED) is 0.786. The lowest BCUT2D eigenvalue weighted by atomic mass is 9.81. The number of Topliss-reactive ketones (excluding diaryl/α,β-unsaturated/α-hetero) is 1. The molecule has 0 aromatic carbocycles. The van der Waals surface area contributed by atoms with Gasteiger partial charge in [-0.3, -0.25) is 9.78 Å². The molecule has 5 heteroatoms. The molecule has 102 valence electrons. The summed E-state index contributed by atoms with van der Waals surface area (Å²) < 4.78 is 5.95. The minimum atomic E-state index is -0.0667. The van der Waals surface area contributed by atoms with Crippen LogP contribution in [0.4, 0.5) is 0 Å². The molecule has 2 atom stereocenters. The normalized spacial score (nSPS) is 30.7. The van der Waals surface area contributed by atoms with E-state index in [1.165, 1.54) is 6.20 Å². The molecule has 1 aromatic rings. The molecule has 0 saturated carbocycles. The first-order valence-corrected chi connectivity index (χ1v) is 8.09. The second kappa shape index (κ2) is 5.43. The third-order valence-corrected chi connectivity index (χ3v) is 5.49. The van der Waals surface area contributed by atoms with E-state index in [0.717, 1.165) is 30.8 Å². The average molecular weight is 298 g/mol. The lowest BCUT2D eigenvalue weighted by molar-refractivity contribution is -0.0734. The summed E-state index contributed by atoms with van der Waals surface area (Å²) in [5, 5.41) is 0.453. The van der Waals surface area contributed by atoms with Gasteiger partial charge in [0.1, 0.15) is 0 Å². The van der Waals surface area contributed by atoms with Gasteiger partial charge in [0.2, 0.25) is 0 Å². The van der Waals surface area contributed by atoms with Gasteiger partial charge in [0.15, 0.2) is 5.78 Å². The molecule has 3 heterocycles. The Bertz CT molecular complexity index is 488. The maximum atomic E-state index is 12.6. The first-order valence-electron chi connectivity index (χ1n) is 6.56. The second-order valence-electron chi connectivity index (χ2n) is 5.24. The number of nitrogens with zero attached hydrogens (tertiary/aromatic N) is 1. The maximum Gasteiger partial charge on any atom is 0.167 e. The van der Waals surface area contributed by atoms with Gasteiger partial charge in [-0.25, -0.2) is 0 Å². The van der Waals surface area contributed by atoms with Crippen LogP contribution in [0.5, 0.6) is 0 Å². The minimum absolute atomic E-state index is 0.0346. The Morgan fingerprint density at radius 2 is 2.47 bits per heavy atom. The molecule has 2 fully saturated rings. The fourth-order valence-corrected chi connectivity index (χ4v) is 4.50. The SMILES string of the molecule is O=C(c1ccncc1Cl)C1CCOC2(CCSC2)C1. The Morgan fingerprint density at radius 3 is 3.21 bits per heavy atom. The number of carbonyl (C=O) groups excluding carboxylic acids is 1. The van der Waals surface area contributed by atoms with Crippen molar-refractivity contribution in [1.29, 1.82) is 0 Å². The van der Waals surface area contributed by atoms with Crippen LogP contribution < -0.4 is 0 Å². The van der Waals surface area contributed by atoms with Gasteiger partial charge in [0.25, 0.3) is 0 Å². The zero-order valence-electron chi connectivity index (χ0n) is 10.6. The fourth-order valence-electron chi connectivity index (χ4n) is 2.91. The van der Waals surface area contributed by atoms with Crippen LogP contribution in [-0.2, 0) is 4.74 Å². The molecule has 0 aliphatic carbocycles. The zero-order chi connectivity index (χ0) is 13.3. The van der Waals surface area contributed by atoms with E-state index in [2.05, 4.69) is 4.98 Å². The number of ketones is 1. The van der Waals surface area contributed by atoms with E-state index >= 15 is 0 Å². The predicted molar refractivity (Wildman–Crippen MR) is 76.9 cm³/mol. The summed E-state index contributed by atoms with van der Waals surface area (Å²) in [6.45, 7) is 0.680. The topological polar surface area (TPSA) is 39.2 Å². The third kappa shape index (κ3) is 2.67. The zero-order valence-corrected chi connectivity index (χ0v) is 12.2. The van der Waals surface area contributed by atoms with Gasteiger partial charge in [0, 0.05) is 36.2 Å². The van der Waals surface area contributed by atoms with Crippen LogP contribution in [0.1, 0.15) is 29.6 Å². The number of rotatable bonds is 2. The number of aromatic nitrogens is 1. The van der Waals surface area contributed by atoms with E-state index in [9.17, 15) is 4.79 Å². The van der Waals surface area contributed by atoms with E-state index in [-0.39, 0.29) is 17.3 Å². The van der Waals surface area contributed by atoms with Gasteiger partial charge in [0.05, 0.1) is 10.6 Å². The minimum Gasteiger partial charge on any atom is -0.374 e. The molecule has 0 amide bonds. The lowest BCUT2D eigenvalue weighted by Gasteiger charge is -2.37. The first kappa shape index (κ1) is 13.4.